The minimum Gasteiger partial charge on any atom is -0.494 e. The Hall–Kier alpha value is -2.58. The number of aliphatic hydroxyl groups is 1. The molecule has 0 saturated carbocycles. The molecular formula is C20H30N6O2. The molecular weight excluding hydrogens is 356 g/mol. The summed E-state index contributed by atoms with van der Waals surface area (Å²) in [5.74, 6) is 2.68. The lowest BCUT2D eigenvalue weighted by Crippen LogP contribution is -2.53. The number of aliphatic hydroxyl groups excluding tert-OH is 1. The summed E-state index contributed by atoms with van der Waals surface area (Å²) >= 11 is 0. The fourth-order valence-corrected chi connectivity index (χ4v) is 3.57. The van der Waals surface area contributed by atoms with E-state index < -0.39 is 0 Å². The Kier molecular flexibility index (Phi) is 6.89. The average Bonchev–Trinajstić information content (AvgIpc) is 2.70. The number of hydrogen-bond acceptors (Lipinski definition) is 8. The van der Waals surface area contributed by atoms with Crippen molar-refractivity contribution in [1.29, 1.82) is 0 Å². The fraction of sp³-hybridized carbons (Fsp3) is 0.500. The molecule has 1 aliphatic rings. The van der Waals surface area contributed by atoms with Crippen molar-refractivity contribution in [1.82, 2.24) is 14.9 Å². The van der Waals surface area contributed by atoms with Crippen LogP contribution in [0.3, 0.4) is 0 Å². The monoisotopic (exact) mass is 386 g/mol. The van der Waals surface area contributed by atoms with Gasteiger partial charge in [0, 0.05) is 51.9 Å². The number of hydrogen-bond donors (Lipinski definition) is 3. The molecule has 1 aromatic heterocycles. The summed E-state index contributed by atoms with van der Waals surface area (Å²) in [7, 11) is 1.81. The molecule has 8 nitrogen and oxygen atoms in total. The van der Waals surface area contributed by atoms with Crippen molar-refractivity contribution in [2.75, 3.05) is 55.8 Å². The number of benzene rings is 1. The van der Waals surface area contributed by atoms with Gasteiger partial charge < -0.3 is 25.8 Å². The smallest absolute Gasteiger partial charge is 0.223 e. The molecule has 1 saturated heterocycles. The van der Waals surface area contributed by atoms with Gasteiger partial charge in [0.25, 0.3) is 0 Å². The summed E-state index contributed by atoms with van der Waals surface area (Å²) < 4.78 is 5.52. The number of piperazine rings is 1. The second-order valence-electron chi connectivity index (χ2n) is 6.88. The Bertz CT molecular complexity index is 755. The zero-order chi connectivity index (χ0) is 19.9. The molecule has 1 atom stereocenters. The van der Waals surface area contributed by atoms with Crippen LogP contribution in [0.2, 0.25) is 0 Å². The lowest BCUT2D eigenvalue weighted by Gasteiger charge is -2.42. The maximum absolute atomic E-state index is 9.56. The Labute approximate surface area is 166 Å². The van der Waals surface area contributed by atoms with E-state index in [4.69, 9.17) is 10.5 Å². The van der Waals surface area contributed by atoms with Gasteiger partial charge in [-0.15, -0.1) is 0 Å². The number of ether oxygens (including phenoxy) is 1. The lowest BCUT2D eigenvalue weighted by molar-refractivity contribution is 0.135. The molecule has 1 aromatic carbocycles. The summed E-state index contributed by atoms with van der Waals surface area (Å²) in [5, 5.41) is 12.6. The maximum Gasteiger partial charge on any atom is 0.223 e. The average molecular weight is 387 g/mol. The molecule has 0 radical (unpaired) electrons. The SMILES string of the molecule is CCOc1ccc(CN2CCN(c3cc(NC)nc(N)n3)CC2CCO)cc1. The van der Waals surface area contributed by atoms with E-state index in [0.717, 1.165) is 37.7 Å². The van der Waals surface area contributed by atoms with E-state index >= 15 is 0 Å². The highest BCUT2D eigenvalue weighted by Crippen LogP contribution is 2.23. The molecule has 0 bridgehead atoms. The number of nitrogen functional groups attached to an aromatic ring is 1. The molecule has 0 aliphatic carbocycles. The van der Waals surface area contributed by atoms with E-state index in [1.54, 1.807) is 0 Å². The quantitative estimate of drug-likeness (QED) is 0.629. The van der Waals surface area contributed by atoms with Crippen molar-refractivity contribution >= 4 is 17.6 Å². The summed E-state index contributed by atoms with van der Waals surface area (Å²) in [6, 6.07) is 10.4. The van der Waals surface area contributed by atoms with E-state index in [-0.39, 0.29) is 18.6 Å². The second kappa shape index (κ2) is 9.57. The first kappa shape index (κ1) is 20.2. The van der Waals surface area contributed by atoms with Gasteiger partial charge in [-0.1, -0.05) is 12.1 Å². The molecule has 0 spiro atoms. The third-order valence-corrected chi connectivity index (χ3v) is 5.00. The van der Waals surface area contributed by atoms with Crippen LogP contribution in [0.5, 0.6) is 5.75 Å². The summed E-state index contributed by atoms with van der Waals surface area (Å²) in [5.41, 5.74) is 7.09. The molecule has 8 heteroatoms. The zero-order valence-corrected chi connectivity index (χ0v) is 16.6. The van der Waals surface area contributed by atoms with Crippen molar-refractivity contribution in [2.24, 2.45) is 0 Å². The topological polar surface area (TPSA) is 99.8 Å². The number of anilines is 3. The van der Waals surface area contributed by atoms with Gasteiger partial charge in [-0.25, -0.2) is 0 Å². The highest BCUT2D eigenvalue weighted by atomic mass is 16.5. The highest BCUT2D eigenvalue weighted by Gasteiger charge is 2.27. The lowest BCUT2D eigenvalue weighted by atomic mass is 10.1. The van der Waals surface area contributed by atoms with E-state index in [0.29, 0.717) is 18.8 Å². The molecule has 3 rings (SSSR count). The Balaban J connectivity index is 1.69. The number of nitrogens with one attached hydrogen (secondary N) is 1. The van der Waals surface area contributed by atoms with Crippen LogP contribution < -0.4 is 20.7 Å². The van der Waals surface area contributed by atoms with Gasteiger partial charge >= 0.3 is 0 Å². The van der Waals surface area contributed by atoms with Gasteiger partial charge in [-0.05, 0) is 31.0 Å². The first-order valence-corrected chi connectivity index (χ1v) is 9.76. The van der Waals surface area contributed by atoms with Crippen LogP contribution in [0.4, 0.5) is 17.6 Å². The largest absolute Gasteiger partial charge is 0.494 e. The standard InChI is InChI=1S/C20H30N6O2/c1-3-28-17-6-4-15(5-7-17)13-25-9-10-26(14-16(25)8-11-27)19-12-18(22-2)23-20(21)24-19/h4-7,12,16,27H,3,8-11,13-14H2,1-2H3,(H3,21,22,23,24). The summed E-state index contributed by atoms with van der Waals surface area (Å²) in [6.45, 7) is 6.18. The maximum atomic E-state index is 9.56. The Morgan fingerprint density at radius 3 is 2.71 bits per heavy atom. The van der Waals surface area contributed by atoms with E-state index in [2.05, 4.69) is 37.2 Å². The van der Waals surface area contributed by atoms with E-state index in [1.807, 2.05) is 32.2 Å². The van der Waals surface area contributed by atoms with Crippen LogP contribution in [-0.2, 0) is 6.54 Å². The van der Waals surface area contributed by atoms with Crippen molar-refractivity contribution in [3.63, 3.8) is 0 Å². The van der Waals surface area contributed by atoms with Gasteiger partial charge in [0.05, 0.1) is 6.61 Å². The number of nitrogens with two attached hydrogens (primary N) is 1. The van der Waals surface area contributed by atoms with Crippen LogP contribution in [0, 0.1) is 0 Å². The Morgan fingerprint density at radius 1 is 1.25 bits per heavy atom. The second-order valence-corrected chi connectivity index (χ2v) is 6.88. The minimum atomic E-state index is 0.159. The van der Waals surface area contributed by atoms with E-state index in [9.17, 15) is 5.11 Å². The molecule has 2 aromatic rings. The van der Waals surface area contributed by atoms with Crippen LogP contribution in [-0.4, -0.2) is 65.9 Å². The van der Waals surface area contributed by atoms with Gasteiger partial charge in [-0.3, -0.25) is 4.90 Å². The number of nitrogens with zero attached hydrogens (tertiary/aromatic N) is 4. The molecule has 4 N–H and O–H groups in total. The molecule has 1 aliphatic heterocycles. The van der Waals surface area contributed by atoms with E-state index in [1.165, 1.54) is 5.56 Å². The number of rotatable bonds is 8. The van der Waals surface area contributed by atoms with Crippen molar-refractivity contribution in [3.05, 3.63) is 35.9 Å². The molecule has 152 valence electrons. The molecule has 28 heavy (non-hydrogen) atoms. The van der Waals surface area contributed by atoms with Crippen LogP contribution in [0.15, 0.2) is 30.3 Å². The minimum absolute atomic E-state index is 0.159. The predicted octanol–water partition coefficient (Wildman–Crippen LogP) is 1.57. The molecule has 1 unspecified atom stereocenters. The van der Waals surface area contributed by atoms with Gasteiger partial charge in [-0.2, -0.15) is 9.97 Å². The van der Waals surface area contributed by atoms with Gasteiger partial charge in [0.15, 0.2) is 0 Å². The third-order valence-electron chi connectivity index (χ3n) is 5.00. The van der Waals surface area contributed by atoms with Crippen LogP contribution in [0.1, 0.15) is 18.9 Å². The summed E-state index contributed by atoms with van der Waals surface area (Å²) in [4.78, 5) is 13.2. The first-order valence-electron chi connectivity index (χ1n) is 9.76. The molecule has 0 amide bonds. The van der Waals surface area contributed by atoms with Crippen molar-refractivity contribution in [3.8, 4) is 5.75 Å². The zero-order valence-electron chi connectivity index (χ0n) is 16.6. The van der Waals surface area contributed by atoms with Crippen molar-refractivity contribution in [2.45, 2.75) is 25.9 Å². The van der Waals surface area contributed by atoms with Crippen LogP contribution >= 0.6 is 0 Å². The normalized spacial score (nSPS) is 17.5. The summed E-state index contributed by atoms with van der Waals surface area (Å²) in [6.07, 6.45) is 0.715. The first-order chi connectivity index (χ1) is 13.6. The third kappa shape index (κ3) is 5.02. The molecule has 2 heterocycles. The number of aromatic nitrogens is 2. The van der Waals surface area contributed by atoms with Gasteiger partial charge in [0.1, 0.15) is 17.4 Å². The Morgan fingerprint density at radius 2 is 2.04 bits per heavy atom. The van der Waals surface area contributed by atoms with Gasteiger partial charge in [0.2, 0.25) is 5.95 Å². The van der Waals surface area contributed by atoms with Crippen molar-refractivity contribution < 1.29 is 9.84 Å². The molecule has 1 fully saturated rings. The highest BCUT2D eigenvalue weighted by molar-refractivity contribution is 5.52. The predicted molar refractivity (Wildman–Crippen MR) is 112 cm³/mol. The van der Waals surface area contributed by atoms with Crippen LogP contribution in [0.25, 0.3) is 0 Å². The fourth-order valence-electron chi connectivity index (χ4n) is 3.57.